The second-order valence-corrected chi connectivity index (χ2v) is 9.88. The number of rotatable bonds is 9. The molecule has 0 spiro atoms. The second kappa shape index (κ2) is 10.8. The second-order valence-electron chi connectivity index (χ2n) is 8.94. The summed E-state index contributed by atoms with van der Waals surface area (Å²) < 4.78 is 20.9. The minimum Gasteiger partial charge on any atom is -0.493 e. The summed E-state index contributed by atoms with van der Waals surface area (Å²) >= 11 is 1.45. The number of carbonyl (C=O) groups is 1. The summed E-state index contributed by atoms with van der Waals surface area (Å²) in [5, 5.41) is 9.88. The molecule has 0 N–H and O–H groups in total. The van der Waals surface area contributed by atoms with E-state index < -0.39 is 0 Å². The molecule has 9 heteroatoms. The van der Waals surface area contributed by atoms with Crippen molar-refractivity contribution in [3.05, 3.63) is 35.2 Å². The third-order valence-corrected chi connectivity index (χ3v) is 7.88. The first kappa shape index (κ1) is 25.2. The van der Waals surface area contributed by atoms with E-state index in [1.54, 1.807) is 21.3 Å². The minimum absolute atomic E-state index is 0.101. The van der Waals surface area contributed by atoms with Crippen molar-refractivity contribution in [2.75, 3.05) is 27.1 Å². The van der Waals surface area contributed by atoms with Crippen molar-refractivity contribution in [2.45, 2.75) is 57.1 Å². The minimum atomic E-state index is 0.101. The number of carbonyl (C=O) groups excluding carboxylic acids is 1. The van der Waals surface area contributed by atoms with Gasteiger partial charge in [0.05, 0.1) is 27.1 Å². The Hall–Kier alpha value is -2.94. The van der Waals surface area contributed by atoms with Crippen molar-refractivity contribution in [2.24, 2.45) is 7.05 Å². The Kier molecular flexibility index (Phi) is 7.74. The number of benzene rings is 1. The Bertz CT molecular complexity index is 1190. The number of aryl methyl sites for hydroxylation is 1. The zero-order chi connectivity index (χ0) is 25.1. The maximum atomic E-state index is 13.1. The Balaban J connectivity index is 1.70. The van der Waals surface area contributed by atoms with Crippen LogP contribution in [0.4, 0.5) is 0 Å². The third kappa shape index (κ3) is 4.91. The normalized spacial score (nSPS) is 14.2. The smallest absolute Gasteiger partial charge is 0.203 e. The van der Waals surface area contributed by atoms with Gasteiger partial charge in [-0.05, 0) is 44.9 Å². The van der Waals surface area contributed by atoms with Crippen molar-refractivity contribution >= 4 is 17.5 Å². The van der Waals surface area contributed by atoms with Gasteiger partial charge in [0, 0.05) is 35.6 Å². The Labute approximate surface area is 211 Å². The number of hydrogen-bond donors (Lipinski definition) is 0. The van der Waals surface area contributed by atoms with Crippen LogP contribution in [0.5, 0.6) is 17.2 Å². The van der Waals surface area contributed by atoms with Crippen molar-refractivity contribution in [3.63, 3.8) is 0 Å². The van der Waals surface area contributed by atoms with E-state index in [9.17, 15) is 4.79 Å². The Morgan fingerprint density at radius 2 is 1.66 bits per heavy atom. The van der Waals surface area contributed by atoms with Gasteiger partial charge in [0.1, 0.15) is 0 Å². The molecule has 1 aliphatic carbocycles. The lowest BCUT2D eigenvalue weighted by Gasteiger charge is -2.26. The van der Waals surface area contributed by atoms with Crippen LogP contribution < -0.4 is 14.2 Å². The summed E-state index contributed by atoms with van der Waals surface area (Å²) in [5.74, 6) is 2.83. The number of thioether (sulfide) groups is 1. The number of aromatic nitrogens is 4. The molecule has 3 aromatic rings. The molecule has 0 unspecified atom stereocenters. The molecule has 0 radical (unpaired) electrons. The van der Waals surface area contributed by atoms with E-state index in [2.05, 4.69) is 14.8 Å². The van der Waals surface area contributed by atoms with Gasteiger partial charge >= 0.3 is 0 Å². The first-order valence-corrected chi connectivity index (χ1v) is 12.9. The molecular formula is C26H34N4O4S. The molecule has 0 aliphatic heterocycles. The standard InChI is InChI=1S/C26H34N4O4S/c1-16-12-20(17(2)29(16)3)21(31)15-35-26-28-27-25(30(26)19-10-8-7-9-11-19)18-13-22(32-4)24(34-6)23(14-18)33-5/h12-14,19H,7-11,15H2,1-6H3. The zero-order valence-electron chi connectivity index (χ0n) is 21.4. The zero-order valence-corrected chi connectivity index (χ0v) is 22.2. The largest absolute Gasteiger partial charge is 0.493 e. The number of nitrogens with zero attached hydrogens (tertiary/aromatic N) is 4. The maximum Gasteiger partial charge on any atom is 0.203 e. The fourth-order valence-electron chi connectivity index (χ4n) is 4.80. The van der Waals surface area contributed by atoms with Crippen LogP contribution >= 0.6 is 11.8 Å². The SMILES string of the molecule is COc1cc(-c2nnc(SCC(=O)c3cc(C)n(C)c3C)n2C2CCCCC2)cc(OC)c1OC. The van der Waals surface area contributed by atoms with Gasteiger partial charge in [-0.2, -0.15) is 0 Å². The van der Waals surface area contributed by atoms with Crippen LogP contribution in [-0.4, -0.2) is 52.2 Å². The highest BCUT2D eigenvalue weighted by atomic mass is 32.2. The van der Waals surface area contributed by atoms with Gasteiger partial charge in [-0.3, -0.25) is 9.36 Å². The summed E-state index contributed by atoms with van der Waals surface area (Å²) in [6.45, 7) is 4.00. The van der Waals surface area contributed by atoms with Gasteiger partial charge < -0.3 is 18.8 Å². The molecule has 2 aromatic heterocycles. The molecule has 8 nitrogen and oxygen atoms in total. The number of ketones is 1. The lowest BCUT2D eigenvalue weighted by molar-refractivity contribution is 0.102. The van der Waals surface area contributed by atoms with E-state index in [0.29, 0.717) is 23.0 Å². The lowest BCUT2D eigenvalue weighted by Crippen LogP contribution is -2.16. The molecule has 0 bridgehead atoms. The molecule has 1 saturated carbocycles. The van der Waals surface area contributed by atoms with E-state index in [1.165, 1.54) is 31.0 Å². The van der Waals surface area contributed by atoms with E-state index >= 15 is 0 Å². The van der Waals surface area contributed by atoms with Crippen molar-refractivity contribution in [3.8, 4) is 28.6 Å². The van der Waals surface area contributed by atoms with Crippen molar-refractivity contribution < 1.29 is 19.0 Å². The number of methoxy groups -OCH3 is 3. The first-order valence-electron chi connectivity index (χ1n) is 11.9. The quantitative estimate of drug-likeness (QED) is 0.288. The van der Waals surface area contributed by atoms with Gasteiger partial charge in [0.25, 0.3) is 0 Å². The maximum absolute atomic E-state index is 13.1. The summed E-state index contributed by atoms with van der Waals surface area (Å²) in [6.07, 6.45) is 5.71. The predicted molar refractivity (Wildman–Crippen MR) is 137 cm³/mol. The van der Waals surface area contributed by atoms with Crippen LogP contribution in [0.2, 0.25) is 0 Å². The molecule has 0 amide bonds. The van der Waals surface area contributed by atoms with Crippen LogP contribution in [0.25, 0.3) is 11.4 Å². The van der Waals surface area contributed by atoms with Gasteiger partial charge in [-0.1, -0.05) is 31.0 Å². The highest BCUT2D eigenvalue weighted by Gasteiger charge is 2.26. The molecule has 2 heterocycles. The van der Waals surface area contributed by atoms with E-state index in [0.717, 1.165) is 46.3 Å². The van der Waals surface area contributed by atoms with Crippen LogP contribution in [0.15, 0.2) is 23.4 Å². The van der Waals surface area contributed by atoms with Gasteiger partial charge in [-0.15, -0.1) is 10.2 Å². The van der Waals surface area contributed by atoms with Gasteiger partial charge in [-0.25, -0.2) is 0 Å². The van der Waals surface area contributed by atoms with Crippen LogP contribution in [-0.2, 0) is 7.05 Å². The van der Waals surface area contributed by atoms with E-state index in [4.69, 9.17) is 14.2 Å². The monoisotopic (exact) mass is 498 g/mol. The lowest BCUT2D eigenvalue weighted by atomic mass is 9.95. The Morgan fingerprint density at radius 1 is 1.00 bits per heavy atom. The Morgan fingerprint density at radius 3 is 2.20 bits per heavy atom. The first-order chi connectivity index (χ1) is 16.9. The third-order valence-electron chi connectivity index (χ3n) is 6.94. The van der Waals surface area contributed by atoms with Crippen LogP contribution in [0.1, 0.15) is 59.9 Å². The molecular weight excluding hydrogens is 464 g/mol. The fraction of sp³-hybridized carbons (Fsp3) is 0.500. The van der Waals surface area contributed by atoms with Gasteiger partial charge in [0.15, 0.2) is 28.3 Å². The number of ether oxygens (including phenoxy) is 3. The number of hydrogen-bond acceptors (Lipinski definition) is 7. The summed E-state index contributed by atoms with van der Waals surface area (Å²) in [4.78, 5) is 13.1. The molecule has 35 heavy (non-hydrogen) atoms. The topological polar surface area (TPSA) is 80.4 Å². The highest BCUT2D eigenvalue weighted by molar-refractivity contribution is 7.99. The summed E-state index contributed by atoms with van der Waals surface area (Å²) in [5.41, 5.74) is 3.67. The van der Waals surface area contributed by atoms with Crippen LogP contribution in [0.3, 0.4) is 0 Å². The molecule has 0 atom stereocenters. The summed E-state index contributed by atoms with van der Waals surface area (Å²) in [7, 11) is 6.78. The van der Waals surface area contributed by atoms with Crippen molar-refractivity contribution in [1.82, 2.24) is 19.3 Å². The van der Waals surface area contributed by atoms with Crippen molar-refractivity contribution in [1.29, 1.82) is 0 Å². The van der Waals surface area contributed by atoms with E-state index in [-0.39, 0.29) is 11.8 Å². The predicted octanol–water partition coefficient (Wildman–Crippen LogP) is 5.41. The molecule has 1 fully saturated rings. The summed E-state index contributed by atoms with van der Waals surface area (Å²) in [6, 6.07) is 6.05. The highest BCUT2D eigenvalue weighted by Crippen LogP contribution is 2.43. The number of Topliss-reactive ketones (excluding diaryl/α,β-unsaturated/α-hetero) is 1. The molecule has 188 valence electrons. The average Bonchev–Trinajstić information content (AvgIpc) is 3.43. The molecule has 0 saturated heterocycles. The van der Waals surface area contributed by atoms with E-state index in [1.807, 2.05) is 43.7 Å². The fourth-order valence-corrected chi connectivity index (χ4v) is 5.69. The molecule has 4 rings (SSSR count). The average molecular weight is 499 g/mol. The molecule has 1 aliphatic rings. The molecule has 1 aromatic carbocycles. The van der Waals surface area contributed by atoms with Crippen LogP contribution in [0, 0.1) is 13.8 Å². The van der Waals surface area contributed by atoms with Gasteiger partial charge in [0.2, 0.25) is 5.75 Å².